The Balaban J connectivity index is 0.692. The predicted molar refractivity (Wildman–Crippen MR) is 425 cm³/mol. The van der Waals surface area contributed by atoms with Gasteiger partial charge in [0.1, 0.15) is 0 Å². The Kier molecular flexibility index (Phi) is 15.4. The minimum absolute atomic E-state index is 0.0385. The molecule has 13 aromatic rings. The Hall–Kier alpha value is -11.9. The van der Waals surface area contributed by atoms with Gasteiger partial charge in [-0.25, -0.2) is 29.9 Å². The minimum Gasteiger partial charge on any atom is -0.208 e. The van der Waals surface area contributed by atoms with Gasteiger partial charge in [0.2, 0.25) is 0 Å². The molecule has 0 amide bonds. The summed E-state index contributed by atoms with van der Waals surface area (Å²) in [5.74, 6) is 3.96. The van der Waals surface area contributed by atoms with Crippen molar-refractivity contribution in [3.63, 3.8) is 0 Å². The fourth-order valence-corrected chi connectivity index (χ4v) is 18.6. The molecule has 2 heterocycles. The lowest BCUT2D eigenvalue weighted by molar-refractivity contribution is 0.374. The molecule has 502 valence electrons. The van der Waals surface area contributed by atoms with Crippen molar-refractivity contribution in [2.24, 2.45) is 5.92 Å². The first-order valence-corrected chi connectivity index (χ1v) is 36.7. The molecular weight excluding hydrogens is 1260 g/mol. The zero-order valence-electron chi connectivity index (χ0n) is 59.8. The van der Waals surface area contributed by atoms with E-state index < -0.39 is 0 Å². The maximum atomic E-state index is 9.95. The van der Waals surface area contributed by atoms with E-state index in [0.29, 0.717) is 40.5 Å². The van der Waals surface area contributed by atoms with Gasteiger partial charge in [-0.3, -0.25) is 0 Å². The molecule has 0 N–H and O–H groups in total. The summed E-state index contributed by atoms with van der Waals surface area (Å²) < 4.78 is 0. The summed E-state index contributed by atoms with van der Waals surface area (Å²) in [4.78, 5) is 32.1. The summed E-state index contributed by atoms with van der Waals surface area (Å²) in [6, 6.07) is 91.6. The van der Waals surface area contributed by atoms with Gasteiger partial charge < -0.3 is 0 Å². The molecule has 104 heavy (non-hydrogen) atoms. The monoisotopic (exact) mass is 1340 g/mol. The second-order valence-electron chi connectivity index (χ2n) is 31.6. The zero-order valence-corrected chi connectivity index (χ0v) is 59.8. The number of allylic oxidation sites excluding steroid dienone is 6. The van der Waals surface area contributed by atoms with Crippen LogP contribution in [0.5, 0.6) is 0 Å². The number of rotatable bonds is 12. The van der Waals surface area contributed by atoms with Crippen molar-refractivity contribution in [2.75, 3.05) is 0 Å². The lowest BCUT2D eigenvalue weighted by Gasteiger charge is -2.35. The van der Waals surface area contributed by atoms with Crippen molar-refractivity contribution in [3.8, 4) is 96.4 Å². The van der Waals surface area contributed by atoms with Crippen molar-refractivity contribution in [2.45, 2.75) is 108 Å². The van der Waals surface area contributed by atoms with Gasteiger partial charge in [0.15, 0.2) is 34.9 Å². The molecule has 0 bridgehead atoms. The summed E-state index contributed by atoms with van der Waals surface area (Å²) in [5, 5.41) is 12.2. The average Bonchev–Trinajstić information content (AvgIpc) is 1.52. The van der Waals surface area contributed by atoms with Crippen LogP contribution in [0.4, 0.5) is 0 Å². The molecule has 0 aliphatic heterocycles. The highest BCUT2D eigenvalue weighted by atomic mass is 15.0. The Morgan fingerprint density at radius 1 is 0.394 bits per heavy atom. The number of benzene rings is 11. The quantitative estimate of drug-likeness (QED) is 0.120. The molecular formula is C97H79N7. The molecule has 4 unspecified atom stereocenters. The van der Waals surface area contributed by atoms with Crippen LogP contribution in [0.2, 0.25) is 0 Å². The van der Waals surface area contributed by atoms with Crippen molar-refractivity contribution in [1.29, 1.82) is 5.26 Å². The fourth-order valence-electron chi connectivity index (χ4n) is 18.6. The third kappa shape index (κ3) is 11.4. The van der Waals surface area contributed by atoms with Crippen LogP contribution in [-0.4, -0.2) is 29.9 Å². The highest BCUT2D eigenvalue weighted by Gasteiger charge is 2.46. The third-order valence-corrected chi connectivity index (χ3v) is 23.1. The Bertz CT molecular complexity index is 5790. The van der Waals surface area contributed by atoms with Crippen LogP contribution in [0.25, 0.3) is 119 Å². The molecule has 7 nitrogen and oxygen atoms in total. The highest BCUT2D eigenvalue weighted by molar-refractivity contribution is 6.04. The van der Waals surface area contributed by atoms with Crippen molar-refractivity contribution >= 4 is 28.5 Å². The number of hydrogen-bond donors (Lipinski definition) is 0. The summed E-state index contributed by atoms with van der Waals surface area (Å²) in [6.45, 7) is 16.8. The molecule has 11 aromatic carbocycles. The Morgan fingerprint density at radius 2 is 0.913 bits per heavy atom. The molecule has 18 rings (SSSR count). The largest absolute Gasteiger partial charge is 0.208 e. The van der Waals surface area contributed by atoms with Crippen molar-refractivity contribution in [1.82, 2.24) is 29.9 Å². The van der Waals surface area contributed by atoms with Crippen LogP contribution < -0.4 is 0 Å². The lowest BCUT2D eigenvalue weighted by Crippen LogP contribution is -2.25. The number of fused-ring (bicyclic) bond motifs is 7. The summed E-state index contributed by atoms with van der Waals surface area (Å²) in [5.41, 5.74) is 26.5. The average molecular weight is 1340 g/mol. The number of hydrogen-bond acceptors (Lipinski definition) is 7. The van der Waals surface area contributed by atoms with E-state index in [1.807, 2.05) is 42.5 Å². The third-order valence-electron chi connectivity index (χ3n) is 23.1. The first-order valence-electron chi connectivity index (χ1n) is 36.7. The number of aromatic nitrogens is 6. The van der Waals surface area contributed by atoms with Crippen LogP contribution in [-0.2, 0) is 21.7 Å². The molecule has 7 heteroatoms. The van der Waals surface area contributed by atoms with E-state index in [-0.39, 0.29) is 39.4 Å². The van der Waals surface area contributed by atoms with Gasteiger partial charge in [-0.1, -0.05) is 309 Å². The first kappa shape index (κ1) is 64.3. The van der Waals surface area contributed by atoms with Gasteiger partial charge in [-0.2, -0.15) is 5.26 Å². The lowest BCUT2D eigenvalue weighted by atomic mass is 9.68. The molecule has 0 spiro atoms. The smallest absolute Gasteiger partial charge is 0.164 e. The van der Waals surface area contributed by atoms with Gasteiger partial charge in [-0.05, 0) is 172 Å². The minimum atomic E-state index is -0.238. The van der Waals surface area contributed by atoms with E-state index in [9.17, 15) is 5.26 Å². The molecule has 0 saturated heterocycles. The Labute approximate surface area is 610 Å². The van der Waals surface area contributed by atoms with Gasteiger partial charge in [0.25, 0.3) is 0 Å². The Morgan fingerprint density at radius 3 is 1.62 bits per heavy atom. The van der Waals surface area contributed by atoms with Crippen LogP contribution in [0.3, 0.4) is 0 Å². The van der Waals surface area contributed by atoms with Crippen molar-refractivity contribution < 1.29 is 0 Å². The van der Waals surface area contributed by atoms with Crippen LogP contribution in [0.15, 0.2) is 279 Å². The normalized spacial score (nSPS) is 19.0. The maximum Gasteiger partial charge on any atom is 0.164 e. The van der Waals surface area contributed by atoms with Gasteiger partial charge >= 0.3 is 0 Å². The van der Waals surface area contributed by atoms with Crippen LogP contribution in [0.1, 0.15) is 147 Å². The topological polar surface area (TPSA) is 101 Å². The highest BCUT2D eigenvalue weighted by Crippen LogP contribution is 2.56. The van der Waals surface area contributed by atoms with Gasteiger partial charge in [0, 0.05) is 51.1 Å². The SMILES string of the molecule is CC1(C)CC(C)(C)c2cc(-c3ccc(-c4nc(C5=CC(CC6(C)CC(C)(C)c7ccc(-c8ccc(-c9nc(-c%10ccccc%10)nc(-c%10ccc(-c%11cccc%12c%11C(c%11ccccc%11)CC=C%12)cc%10)n9)cc8)cc76)=CC6c7ccccc7C=CC56)nc(-c5ccc(C#N)cc5)n4)c4ccccc34)ccc21. The molecule has 0 radical (unpaired) electrons. The van der Waals surface area contributed by atoms with E-state index >= 15 is 0 Å². The maximum absolute atomic E-state index is 9.95. The van der Waals surface area contributed by atoms with E-state index in [0.717, 1.165) is 81.0 Å². The zero-order chi connectivity index (χ0) is 70.6. The summed E-state index contributed by atoms with van der Waals surface area (Å²) in [7, 11) is 0. The summed E-state index contributed by atoms with van der Waals surface area (Å²) >= 11 is 0. The van der Waals surface area contributed by atoms with Gasteiger partial charge in [0.05, 0.1) is 11.6 Å². The second-order valence-corrected chi connectivity index (χ2v) is 31.6. The predicted octanol–water partition coefficient (Wildman–Crippen LogP) is 23.7. The molecule has 5 aliphatic carbocycles. The molecule has 0 saturated carbocycles. The summed E-state index contributed by atoms with van der Waals surface area (Å²) in [6.07, 6.45) is 18.0. The van der Waals surface area contributed by atoms with E-state index in [1.54, 1.807) is 0 Å². The standard InChI is InChI=1S/C97H79N7/c1-94(2)58-95(3,4)85-55-72(46-51-83(85)94)74-48-49-80(78-29-17-16-28-77(74)78)92-102-91(68-34-32-60(57-98)33-35-68)103-93(104-92)82-53-61(52-81-73-27-15-14-22-64(73)44-47-79(81)82)56-97(7)59-96(5,6)84-50-45-71(54-86(84)97)62-36-40-69(41-37-62)89-99-88(67-23-12-9-13-24-67)100-90(101-89)70-42-38-65(39-43-70)76-31-19-26-66-25-18-30-75(87(66)76)63-20-10-8-11-21-63/h8-29,31-55,75,79,81H,30,56,58-59H2,1-7H3. The fraction of sp³-hybridized carbons (Fsp3) is 0.186. The molecule has 4 atom stereocenters. The first-order chi connectivity index (χ1) is 50.5. The van der Waals surface area contributed by atoms with E-state index in [4.69, 9.17) is 29.9 Å². The van der Waals surface area contributed by atoms with Gasteiger partial charge in [-0.15, -0.1) is 0 Å². The van der Waals surface area contributed by atoms with E-state index in [1.165, 1.54) is 77.9 Å². The molecule has 0 fully saturated rings. The van der Waals surface area contributed by atoms with Crippen LogP contribution >= 0.6 is 0 Å². The van der Waals surface area contributed by atoms with Crippen LogP contribution in [0, 0.1) is 17.2 Å². The van der Waals surface area contributed by atoms with E-state index in [2.05, 4.69) is 297 Å². The second kappa shape index (κ2) is 25.0. The molecule has 5 aliphatic rings. The molecule has 2 aromatic heterocycles. The number of nitrogens with zero attached hydrogens (tertiary/aromatic N) is 7. The number of nitriles is 1. The van der Waals surface area contributed by atoms with Crippen molar-refractivity contribution in [3.05, 3.63) is 340 Å².